The highest BCUT2D eigenvalue weighted by Gasteiger charge is 2.09. The van der Waals surface area contributed by atoms with Crippen molar-refractivity contribution < 1.29 is 8.81 Å². The molecule has 1 heterocycles. The predicted octanol–water partition coefficient (Wildman–Crippen LogP) is 6.31. The first kappa shape index (κ1) is 26.9. The number of furan rings is 1. The van der Waals surface area contributed by atoms with Gasteiger partial charge in [-0.1, -0.05) is 38.8 Å². The largest absolute Gasteiger partial charge is 0.460 e. The van der Waals surface area contributed by atoms with Crippen LogP contribution in [0.3, 0.4) is 0 Å². The van der Waals surface area contributed by atoms with Gasteiger partial charge >= 0.3 is 0 Å². The molecule has 1 N–H and O–H groups in total. The van der Waals surface area contributed by atoms with Crippen LogP contribution in [-0.2, 0) is 6.54 Å². The Morgan fingerprint density at radius 3 is 2.18 bits per heavy atom. The molecule has 1 aromatic heterocycles. The molecule has 0 aliphatic heterocycles. The molecule has 0 atom stereocenters. The second kappa shape index (κ2) is 15.8. The Morgan fingerprint density at radius 1 is 0.893 bits per heavy atom. The lowest BCUT2D eigenvalue weighted by Gasteiger charge is -2.21. The van der Waals surface area contributed by atoms with Crippen molar-refractivity contribution in [3.05, 3.63) is 48.0 Å². The molecular formula is C22H35Cl2FN2O. The number of hydrogen-bond acceptors (Lipinski definition) is 3. The van der Waals surface area contributed by atoms with E-state index in [9.17, 15) is 4.39 Å². The lowest BCUT2D eigenvalue weighted by molar-refractivity contribution is 0.260. The average Bonchev–Trinajstić information content (AvgIpc) is 3.12. The Kier molecular flexibility index (Phi) is 15.2. The molecule has 160 valence electrons. The van der Waals surface area contributed by atoms with Gasteiger partial charge in [0.1, 0.15) is 17.3 Å². The molecule has 0 saturated heterocycles. The lowest BCUT2D eigenvalue weighted by Crippen LogP contribution is -2.29. The number of nitrogens with one attached hydrogen (secondary N) is 1. The summed E-state index contributed by atoms with van der Waals surface area (Å²) >= 11 is 0. The Labute approximate surface area is 181 Å². The SMILES string of the molecule is CCCCN(CCCC)CCCNCc1ccc(-c2ccccc2F)o1.Cl.Cl. The summed E-state index contributed by atoms with van der Waals surface area (Å²) in [4.78, 5) is 2.58. The highest BCUT2D eigenvalue weighted by Crippen LogP contribution is 2.24. The zero-order valence-electron chi connectivity index (χ0n) is 17.1. The molecule has 0 spiro atoms. The summed E-state index contributed by atoms with van der Waals surface area (Å²) in [5.74, 6) is 1.18. The number of hydrogen-bond donors (Lipinski definition) is 1. The minimum absolute atomic E-state index is 0. The number of benzene rings is 1. The molecule has 2 aromatic rings. The smallest absolute Gasteiger partial charge is 0.137 e. The van der Waals surface area contributed by atoms with Gasteiger partial charge in [0.05, 0.1) is 12.1 Å². The van der Waals surface area contributed by atoms with Crippen LogP contribution in [0.15, 0.2) is 40.8 Å². The van der Waals surface area contributed by atoms with Crippen molar-refractivity contribution in [1.82, 2.24) is 10.2 Å². The molecule has 0 fully saturated rings. The molecule has 0 saturated carbocycles. The first-order valence-corrected chi connectivity index (χ1v) is 10.0. The predicted molar refractivity (Wildman–Crippen MR) is 121 cm³/mol. The highest BCUT2D eigenvalue weighted by molar-refractivity contribution is 5.85. The minimum Gasteiger partial charge on any atom is -0.460 e. The maximum atomic E-state index is 13.8. The molecule has 0 bridgehead atoms. The van der Waals surface area contributed by atoms with E-state index in [2.05, 4.69) is 24.1 Å². The van der Waals surface area contributed by atoms with Crippen LogP contribution in [0.5, 0.6) is 0 Å². The molecule has 0 amide bonds. The van der Waals surface area contributed by atoms with Gasteiger partial charge in [0.25, 0.3) is 0 Å². The van der Waals surface area contributed by atoms with Crippen LogP contribution >= 0.6 is 24.8 Å². The van der Waals surface area contributed by atoms with E-state index in [1.54, 1.807) is 12.1 Å². The van der Waals surface area contributed by atoms with E-state index in [4.69, 9.17) is 4.42 Å². The molecule has 28 heavy (non-hydrogen) atoms. The van der Waals surface area contributed by atoms with Gasteiger partial charge < -0.3 is 14.6 Å². The Morgan fingerprint density at radius 2 is 1.54 bits per heavy atom. The molecular weight excluding hydrogens is 398 g/mol. The summed E-state index contributed by atoms with van der Waals surface area (Å²) in [7, 11) is 0. The van der Waals surface area contributed by atoms with Crippen LogP contribution in [0.1, 0.15) is 51.7 Å². The Bertz CT molecular complexity index is 629. The molecule has 0 radical (unpaired) electrons. The molecule has 1 aromatic carbocycles. The maximum Gasteiger partial charge on any atom is 0.137 e. The first-order valence-electron chi connectivity index (χ1n) is 10.0. The van der Waals surface area contributed by atoms with E-state index in [1.807, 2.05) is 18.2 Å². The van der Waals surface area contributed by atoms with E-state index in [0.717, 1.165) is 25.3 Å². The van der Waals surface area contributed by atoms with Crippen LogP contribution in [-0.4, -0.2) is 31.1 Å². The standard InChI is InChI=1S/C22H33FN2O.2ClH/c1-3-5-15-25(16-6-4-2)17-9-14-24-18-19-12-13-22(26-19)20-10-7-8-11-21(20)23;;/h7-8,10-13,24H,3-6,9,14-18H2,1-2H3;2*1H. The quantitative estimate of drug-likeness (QED) is 0.375. The van der Waals surface area contributed by atoms with Crippen molar-refractivity contribution in [2.24, 2.45) is 0 Å². The van der Waals surface area contributed by atoms with E-state index < -0.39 is 0 Å². The van der Waals surface area contributed by atoms with Crippen LogP contribution in [0.2, 0.25) is 0 Å². The van der Waals surface area contributed by atoms with Gasteiger partial charge in [-0.25, -0.2) is 4.39 Å². The molecule has 0 aliphatic carbocycles. The number of halogens is 3. The van der Waals surface area contributed by atoms with Crippen LogP contribution < -0.4 is 5.32 Å². The van der Waals surface area contributed by atoms with Gasteiger partial charge in [-0.15, -0.1) is 24.8 Å². The fraction of sp³-hybridized carbons (Fsp3) is 0.545. The summed E-state index contributed by atoms with van der Waals surface area (Å²) in [6.07, 6.45) is 6.20. The maximum absolute atomic E-state index is 13.8. The molecule has 0 aliphatic rings. The van der Waals surface area contributed by atoms with E-state index in [-0.39, 0.29) is 30.6 Å². The second-order valence-electron chi connectivity index (χ2n) is 6.82. The Balaban J connectivity index is 0.00000364. The minimum atomic E-state index is -0.249. The second-order valence-corrected chi connectivity index (χ2v) is 6.82. The van der Waals surface area contributed by atoms with Crippen molar-refractivity contribution in [3.63, 3.8) is 0 Å². The topological polar surface area (TPSA) is 28.4 Å². The van der Waals surface area contributed by atoms with Crippen LogP contribution in [0.25, 0.3) is 11.3 Å². The molecule has 6 heteroatoms. The molecule has 0 unspecified atom stereocenters. The number of rotatable bonds is 13. The van der Waals surface area contributed by atoms with E-state index >= 15 is 0 Å². The van der Waals surface area contributed by atoms with Gasteiger partial charge in [0.15, 0.2) is 0 Å². The van der Waals surface area contributed by atoms with Crippen molar-refractivity contribution in [3.8, 4) is 11.3 Å². The summed E-state index contributed by atoms with van der Waals surface area (Å²) in [6.45, 7) is 9.70. The third-order valence-electron chi connectivity index (χ3n) is 4.58. The highest BCUT2D eigenvalue weighted by atomic mass is 35.5. The summed E-state index contributed by atoms with van der Waals surface area (Å²) in [5.41, 5.74) is 0.515. The average molecular weight is 433 g/mol. The fourth-order valence-electron chi connectivity index (χ4n) is 3.02. The monoisotopic (exact) mass is 432 g/mol. The normalized spacial score (nSPS) is 10.6. The Hall–Kier alpha value is -1.07. The van der Waals surface area contributed by atoms with Crippen molar-refractivity contribution in [1.29, 1.82) is 0 Å². The summed E-state index contributed by atoms with van der Waals surface area (Å²) < 4.78 is 19.6. The van der Waals surface area contributed by atoms with E-state index in [1.165, 1.54) is 44.8 Å². The fourth-order valence-corrected chi connectivity index (χ4v) is 3.02. The third kappa shape index (κ3) is 9.42. The summed E-state index contributed by atoms with van der Waals surface area (Å²) in [5, 5.41) is 3.43. The van der Waals surface area contributed by atoms with Crippen LogP contribution in [0, 0.1) is 5.82 Å². The van der Waals surface area contributed by atoms with Gasteiger partial charge in [-0.3, -0.25) is 0 Å². The molecule has 2 rings (SSSR count). The lowest BCUT2D eigenvalue weighted by atomic mass is 10.1. The van der Waals surface area contributed by atoms with Crippen molar-refractivity contribution >= 4 is 24.8 Å². The van der Waals surface area contributed by atoms with E-state index in [0.29, 0.717) is 17.9 Å². The van der Waals surface area contributed by atoms with Gasteiger partial charge in [-0.2, -0.15) is 0 Å². The van der Waals surface area contributed by atoms with Gasteiger partial charge in [-0.05, 0) is 69.7 Å². The van der Waals surface area contributed by atoms with Crippen LogP contribution in [0.4, 0.5) is 4.39 Å². The van der Waals surface area contributed by atoms with Crippen molar-refractivity contribution in [2.45, 2.75) is 52.5 Å². The van der Waals surface area contributed by atoms with Gasteiger partial charge in [0.2, 0.25) is 0 Å². The number of nitrogens with zero attached hydrogens (tertiary/aromatic N) is 1. The van der Waals surface area contributed by atoms with Gasteiger partial charge in [0, 0.05) is 0 Å². The van der Waals surface area contributed by atoms with Crippen molar-refractivity contribution in [2.75, 3.05) is 26.2 Å². The first-order chi connectivity index (χ1) is 12.7. The molecule has 3 nitrogen and oxygen atoms in total. The zero-order valence-corrected chi connectivity index (χ0v) is 18.7. The zero-order chi connectivity index (χ0) is 18.6. The number of unbranched alkanes of at least 4 members (excludes halogenated alkanes) is 2. The third-order valence-corrected chi connectivity index (χ3v) is 4.58. The summed E-state index contributed by atoms with van der Waals surface area (Å²) in [6, 6.07) is 10.5.